The minimum atomic E-state index is -0.449. The van der Waals surface area contributed by atoms with Crippen LogP contribution in [-0.4, -0.2) is 17.7 Å². The summed E-state index contributed by atoms with van der Waals surface area (Å²) in [6, 6.07) is 0.367. The Bertz CT molecular complexity index is 271. The zero-order valence-electron chi connectivity index (χ0n) is 12.4. The fraction of sp³-hybridized carbons (Fsp3) is 0.929. The lowest BCUT2D eigenvalue weighted by molar-refractivity contribution is 0.0462. The molecule has 4 heteroatoms. The van der Waals surface area contributed by atoms with E-state index in [1.807, 2.05) is 20.8 Å². The zero-order chi connectivity index (χ0) is 13.8. The summed E-state index contributed by atoms with van der Waals surface area (Å²) in [6.07, 6.45) is 4.50. The summed E-state index contributed by atoms with van der Waals surface area (Å²) in [5, 5.41) is 0. The van der Waals surface area contributed by atoms with Crippen LogP contribution in [0.1, 0.15) is 60.3 Å². The number of hydrogen-bond acceptors (Lipinski definition) is 3. The van der Waals surface area contributed by atoms with Gasteiger partial charge in [-0.3, -0.25) is 5.43 Å². The third-order valence-electron chi connectivity index (χ3n) is 3.43. The molecule has 1 amide bonds. The van der Waals surface area contributed by atoms with Gasteiger partial charge in [0.15, 0.2) is 0 Å². The van der Waals surface area contributed by atoms with Crippen LogP contribution in [0.2, 0.25) is 0 Å². The highest BCUT2D eigenvalue weighted by Gasteiger charge is 2.28. The molecule has 0 radical (unpaired) electrons. The van der Waals surface area contributed by atoms with E-state index in [2.05, 4.69) is 24.7 Å². The van der Waals surface area contributed by atoms with Crippen molar-refractivity contribution in [3.8, 4) is 0 Å². The van der Waals surface area contributed by atoms with Gasteiger partial charge in [-0.15, -0.1) is 0 Å². The quantitative estimate of drug-likeness (QED) is 0.762. The van der Waals surface area contributed by atoms with Crippen molar-refractivity contribution < 1.29 is 9.53 Å². The van der Waals surface area contributed by atoms with Crippen LogP contribution in [0.15, 0.2) is 0 Å². The number of rotatable bonds is 3. The molecule has 1 fully saturated rings. The van der Waals surface area contributed by atoms with E-state index in [0.717, 1.165) is 6.42 Å². The van der Waals surface area contributed by atoms with Crippen molar-refractivity contribution in [3.05, 3.63) is 0 Å². The molecule has 1 aliphatic carbocycles. The van der Waals surface area contributed by atoms with Crippen molar-refractivity contribution in [2.45, 2.75) is 71.9 Å². The van der Waals surface area contributed by atoms with Gasteiger partial charge in [0.2, 0.25) is 0 Å². The second kappa shape index (κ2) is 6.41. The fourth-order valence-corrected chi connectivity index (χ4v) is 2.59. The second-order valence-corrected chi connectivity index (χ2v) is 6.57. The Morgan fingerprint density at radius 3 is 2.39 bits per heavy atom. The Kier molecular flexibility index (Phi) is 5.45. The summed E-state index contributed by atoms with van der Waals surface area (Å²) in [5.41, 5.74) is 5.38. The highest BCUT2D eigenvalue weighted by molar-refractivity contribution is 5.67. The predicted molar refractivity (Wildman–Crippen MR) is 73.1 cm³/mol. The van der Waals surface area contributed by atoms with E-state index < -0.39 is 11.7 Å². The molecule has 0 saturated heterocycles. The van der Waals surface area contributed by atoms with Crippen LogP contribution >= 0.6 is 0 Å². The van der Waals surface area contributed by atoms with E-state index in [1.54, 1.807) is 0 Å². The normalized spacial score (nSPS) is 25.0. The van der Waals surface area contributed by atoms with Gasteiger partial charge in [0.05, 0.1) is 0 Å². The number of carbonyl (C=O) groups is 1. The Morgan fingerprint density at radius 1 is 1.22 bits per heavy atom. The van der Waals surface area contributed by atoms with Crippen molar-refractivity contribution in [1.29, 1.82) is 0 Å². The topological polar surface area (TPSA) is 50.4 Å². The van der Waals surface area contributed by atoms with Crippen LogP contribution in [0.3, 0.4) is 0 Å². The number of hydrazine groups is 1. The zero-order valence-corrected chi connectivity index (χ0v) is 12.4. The van der Waals surface area contributed by atoms with E-state index >= 15 is 0 Å². The lowest BCUT2D eigenvalue weighted by Gasteiger charge is -2.35. The third-order valence-corrected chi connectivity index (χ3v) is 3.43. The summed E-state index contributed by atoms with van der Waals surface area (Å²) in [7, 11) is 0. The molecule has 1 rings (SSSR count). The largest absolute Gasteiger partial charge is 0.443 e. The van der Waals surface area contributed by atoms with Crippen molar-refractivity contribution in [1.82, 2.24) is 10.9 Å². The summed E-state index contributed by atoms with van der Waals surface area (Å²) in [6.45, 7) is 10.1. The lowest BCUT2D eigenvalue weighted by Crippen LogP contribution is -2.51. The highest BCUT2D eigenvalue weighted by Crippen LogP contribution is 2.29. The van der Waals surface area contributed by atoms with Crippen LogP contribution in [0.25, 0.3) is 0 Å². The first-order chi connectivity index (χ1) is 8.29. The molecule has 0 bridgehead atoms. The molecule has 2 unspecified atom stereocenters. The van der Waals surface area contributed by atoms with Crippen LogP contribution in [0, 0.1) is 11.8 Å². The van der Waals surface area contributed by atoms with E-state index in [9.17, 15) is 4.79 Å². The van der Waals surface area contributed by atoms with Crippen molar-refractivity contribution in [2.75, 3.05) is 0 Å². The molecule has 0 aromatic heterocycles. The Morgan fingerprint density at radius 2 is 1.83 bits per heavy atom. The van der Waals surface area contributed by atoms with E-state index in [1.165, 1.54) is 19.3 Å². The second-order valence-electron chi connectivity index (χ2n) is 6.57. The van der Waals surface area contributed by atoms with E-state index in [-0.39, 0.29) is 0 Å². The number of amides is 1. The Balaban J connectivity index is 2.39. The van der Waals surface area contributed by atoms with Gasteiger partial charge in [0.1, 0.15) is 5.60 Å². The average Bonchev–Trinajstić information content (AvgIpc) is 2.24. The number of carbonyl (C=O) groups excluding carboxylic acids is 1. The number of ether oxygens (including phenoxy) is 1. The van der Waals surface area contributed by atoms with Gasteiger partial charge in [-0.2, -0.15) is 0 Å². The van der Waals surface area contributed by atoms with Crippen molar-refractivity contribution in [2.24, 2.45) is 11.8 Å². The Hall–Kier alpha value is -0.770. The number of hydrogen-bond donors (Lipinski definition) is 2. The van der Waals surface area contributed by atoms with Crippen molar-refractivity contribution >= 4 is 6.09 Å². The first-order valence-electron chi connectivity index (χ1n) is 7.04. The molecule has 1 aliphatic rings. The van der Waals surface area contributed by atoms with Gasteiger partial charge in [0.25, 0.3) is 0 Å². The molecular weight excluding hydrogens is 228 g/mol. The van der Waals surface area contributed by atoms with Crippen LogP contribution in [0.4, 0.5) is 4.79 Å². The molecular formula is C14H28N2O2. The monoisotopic (exact) mass is 256 g/mol. The molecule has 0 aromatic rings. The average molecular weight is 256 g/mol. The predicted octanol–water partition coefficient (Wildman–Crippen LogP) is 3.23. The molecule has 0 aliphatic heterocycles. The maximum atomic E-state index is 11.6. The smallest absolute Gasteiger partial charge is 0.422 e. The first kappa shape index (κ1) is 15.3. The highest BCUT2D eigenvalue weighted by atomic mass is 16.6. The molecule has 2 N–H and O–H groups in total. The standard InChI is InChI=1S/C14H28N2O2/c1-10(2)11-8-6-7-9-12(11)15-16-13(17)18-14(3,4)5/h10-12,15H,6-9H2,1-5H3,(H,16,17). The molecule has 1 saturated carbocycles. The van der Waals surface area contributed by atoms with Gasteiger partial charge >= 0.3 is 6.09 Å². The van der Waals surface area contributed by atoms with Gasteiger partial charge in [-0.25, -0.2) is 10.2 Å². The maximum Gasteiger partial charge on any atom is 0.422 e. The summed E-state index contributed by atoms with van der Waals surface area (Å²) in [4.78, 5) is 11.6. The van der Waals surface area contributed by atoms with Crippen LogP contribution in [0.5, 0.6) is 0 Å². The fourth-order valence-electron chi connectivity index (χ4n) is 2.59. The van der Waals surface area contributed by atoms with Crippen molar-refractivity contribution in [3.63, 3.8) is 0 Å². The third kappa shape index (κ3) is 5.25. The molecule has 0 aromatic carbocycles. The van der Waals surface area contributed by atoms with Gasteiger partial charge in [0, 0.05) is 6.04 Å². The molecule has 18 heavy (non-hydrogen) atoms. The van der Waals surface area contributed by atoms with Gasteiger partial charge in [-0.1, -0.05) is 26.7 Å². The molecule has 106 valence electrons. The Labute approximate surface area is 111 Å². The van der Waals surface area contributed by atoms with Gasteiger partial charge in [-0.05, 0) is 45.4 Å². The molecule has 4 nitrogen and oxygen atoms in total. The molecule has 0 spiro atoms. The summed E-state index contributed by atoms with van der Waals surface area (Å²) in [5.74, 6) is 1.27. The van der Waals surface area contributed by atoms with E-state index in [4.69, 9.17) is 4.74 Å². The summed E-state index contributed by atoms with van der Waals surface area (Å²) >= 11 is 0. The van der Waals surface area contributed by atoms with Gasteiger partial charge < -0.3 is 4.74 Å². The van der Waals surface area contributed by atoms with Crippen LogP contribution in [-0.2, 0) is 4.74 Å². The van der Waals surface area contributed by atoms with Crippen LogP contribution < -0.4 is 10.9 Å². The number of nitrogens with one attached hydrogen (secondary N) is 2. The summed E-state index contributed by atoms with van der Waals surface area (Å²) < 4.78 is 5.21. The minimum Gasteiger partial charge on any atom is -0.443 e. The first-order valence-corrected chi connectivity index (χ1v) is 7.04. The van der Waals surface area contributed by atoms with E-state index in [0.29, 0.717) is 17.9 Å². The SMILES string of the molecule is CC(C)C1CCCCC1NNC(=O)OC(C)(C)C. The molecule has 0 heterocycles. The maximum absolute atomic E-state index is 11.6. The molecule has 2 atom stereocenters. The minimum absolute atomic E-state index is 0.367. The lowest BCUT2D eigenvalue weighted by atomic mass is 9.78.